The van der Waals surface area contributed by atoms with Crippen molar-refractivity contribution in [1.82, 2.24) is 0 Å². The summed E-state index contributed by atoms with van der Waals surface area (Å²) in [5, 5.41) is 11.2. The van der Waals surface area contributed by atoms with Crippen molar-refractivity contribution in [3.8, 4) is 6.07 Å². The first-order chi connectivity index (χ1) is 10.6. The van der Waals surface area contributed by atoms with Gasteiger partial charge < -0.3 is 14.5 Å². The molecule has 2 aromatic rings. The van der Waals surface area contributed by atoms with E-state index < -0.39 is 18.5 Å². The van der Waals surface area contributed by atoms with Gasteiger partial charge in [-0.05, 0) is 45.8 Å². The number of nitriles is 1. The maximum absolute atomic E-state index is 11.7. The SMILES string of the molecule is N#CCc1ccc(NC(=O)COC(=O)c2ccc(Br)o2)cc1. The lowest BCUT2D eigenvalue weighted by Crippen LogP contribution is -2.20. The molecule has 0 fully saturated rings. The molecular weight excluding hydrogens is 352 g/mol. The van der Waals surface area contributed by atoms with Crippen molar-refractivity contribution in [2.75, 3.05) is 11.9 Å². The predicted octanol–water partition coefficient (Wildman–Crippen LogP) is 2.90. The van der Waals surface area contributed by atoms with Crippen LogP contribution in [0.15, 0.2) is 45.5 Å². The molecule has 0 atom stereocenters. The van der Waals surface area contributed by atoms with Gasteiger partial charge in [0.2, 0.25) is 5.76 Å². The van der Waals surface area contributed by atoms with E-state index in [0.717, 1.165) is 5.56 Å². The molecule has 1 aromatic heterocycles. The summed E-state index contributed by atoms with van der Waals surface area (Å²) >= 11 is 3.07. The zero-order chi connectivity index (χ0) is 15.9. The highest BCUT2D eigenvalue weighted by molar-refractivity contribution is 9.10. The summed E-state index contributed by atoms with van der Waals surface area (Å²) in [5.74, 6) is -1.17. The number of hydrogen-bond donors (Lipinski definition) is 1. The highest BCUT2D eigenvalue weighted by Crippen LogP contribution is 2.15. The van der Waals surface area contributed by atoms with Gasteiger partial charge in [-0.25, -0.2) is 4.79 Å². The van der Waals surface area contributed by atoms with Crippen LogP contribution < -0.4 is 5.32 Å². The molecule has 0 aliphatic rings. The van der Waals surface area contributed by atoms with Gasteiger partial charge in [-0.2, -0.15) is 5.26 Å². The Balaban J connectivity index is 1.82. The van der Waals surface area contributed by atoms with Crippen molar-refractivity contribution < 1.29 is 18.7 Å². The number of rotatable bonds is 5. The number of nitrogens with zero attached hydrogens (tertiary/aromatic N) is 1. The zero-order valence-electron chi connectivity index (χ0n) is 11.3. The molecule has 0 saturated carbocycles. The molecule has 0 bridgehead atoms. The van der Waals surface area contributed by atoms with Crippen LogP contribution in [0.1, 0.15) is 16.1 Å². The van der Waals surface area contributed by atoms with Gasteiger partial charge in [0.05, 0.1) is 12.5 Å². The largest absolute Gasteiger partial charge is 0.450 e. The second kappa shape index (κ2) is 7.43. The first-order valence-corrected chi connectivity index (χ1v) is 7.06. The Kier molecular flexibility index (Phi) is 5.33. The minimum Gasteiger partial charge on any atom is -0.450 e. The lowest BCUT2D eigenvalue weighted by molar-refractivity contribution is -0.119. The fourth-order valence-corrected chi connectivity index (χ4v) is 1.93. The van der Waals surface area contributed by atoms with Crippen LogP contribution in [0.4, 0.5) is 5.69 Å². The topological polar surface area (TPSA) is 92.3 Å². The van der Waals surface area contributed by atoms with Gasteiger partial charge in [-0.15, -0.1) is 0 Å². The number of carbonyl (C=O) groups is 2. The molecule has 1 N–H and O–H groups in total. The summed E-state index contributed by atoms with van der Waals surface area (Å²) in [4.78, 5) is 23.3. The van der Waals surface area contributed by atoms with E-state index in [-0.39, 0.29) is 5.76 Å². The first-order valence-electron chi connectivity index (χ1n) is 6.26. The molecule has 7 heteroatoms. The van der Waals surface area contributed by atoms with Crippen LogP contribution in [0, 0.1) is 11.3 Å². The van der Waals surface area contributed by atoms with Gasteiger partial charge in [0.15, 0.2) is 11.3 Å². The number of halogens is 1. The highest BCUT2D eigenvalue weighted by Gasteiger charge is 2.14. The van der Waals surface area contributed by atoms with E-state index in [1.807, 2.05) is 6.07 Å². The molecule has 1 amide bonds. The second-order valence-electron chi connectivity index (χ2n) is 4.26. The summed E-state index contributed by atoms with van der Waals surface area (Å²) in [5.41, 5.74) is 1.42. The maximum Gasteiger partial charge on any atom is 0.374 e. The Morgan fingerprint density at radius 1 is 1.23 bits per heavy atom. The van der Waals surface area contributed by atoms with Gasteiger partial charge in [0.25, 0.3) is 5.91 Å². The molecule has 0 radical (unpaired) electrons. The Bertz CT molecular complexity index is 716. The summed E-state index contributed by atoms with van der Waals surface area (Å²) in [6, 6.07) is 11.9. The summed E-state index contributed by atoms with van der Waals surface area (Å²) in [6.45, 7) is -0.420. The maximum atomic E-state index is 11.7. The van der Waals surface area contributed by atoms with Crippen LogP contribution in [-0.2, 0) is 16.0 Å². The number of furan rings is 1. The minimum atomic E-state index is -0.717. The van der Waals surface area contributed by atoms with Crippen LogP contribution in [0.25, 0.3) is 0 Å². The van der Waals surface area contributed by atoms with Gasteiger partial charge in [0.1, 0.15) is 0 Å². The molecule has 22 heavy (non-hydrogen) atoms. The minimum absolute atomic E-state index is 0.0144. The van der Waals surface area contributed by atoms with Crippen molar-refractivity contribution in [1.29, 1.82) is 5.26 Å². The fourth-order valence-electron chi connectivity index (χ4n) is 1.62. The number of anilines is 1. The van der Waals surface area contributed by atoms with E-state index in [9.17, 15) is 9.59 Å². The molecule has 6 nitrogen and oxygen atoms in total. The van der Waals surface area contributed by atoms with Gasteiger partial charge in [-0.1, -0.05) is 12.1 Å². The Hall–Kier alpha value is -2.59. The lowest BCUT2D eigenvalue weighted by Gasteiger charge is -2.06. The van der Waals surface area contributed by atoms with E-state index in [1.54, 1.807) is 30.3 Å². The van der Waals surface area contributed by atoms with Crippen molar-refractivity contribution >= 4 is 33.5 Å². The van der Waals surface area contributed by atoms with Crippen LogP contribution in [0.5, 0.6) is 0 Å². The van der Waals surface area contributed by atoms with Crippen molar-refractivity contribution in [2.45, 2.75) is 6.42 Å². The molecule has 112 valence electrons. The van der Waals surface area contributed by atoms with Crippen molar-refractivity contribution in [3.05, 3.63) is 52.4 Å². The lowest BCUT2D eigenvalue weighted by atomic mass is 10.1. The number of nitrogens with one attached hydrogen (secondary N) is 1. The molecule has 1 aromatic carbocycles. The number of esters is 1. The quantitative estimate of drug-likeness (QED) is 0.825. The number of amides is 1. The number of carbonyl (C=O) groups excluding carboxylic acids is 2. The third kappa shape index (κ3) is 4.46. The Morgan fingerprint density at radius 2 is 1.95 bits per heavy atom. The third-order valence-electron chi connectivity index (χ3n) is 2.63. The standard InChI is InChI=1S/C15H11BrN2O4/c16-13-6-5-12(22-13)15(20)21-9-14(19)18-11-3-1-10(2-4-11)7-8-17/h1-6H,7,9H2,(H,18,19). The fraction of sp³-hybridized carbons (Fsp3) is 0.133. The summed E-state index contributed by atoms with van der Waals surface area (Å²) in [6.07, 6.45) is 0.310. The van der Waals surface area contributed by atoms with E-state index >= 15 is 0 Å². The zero-order valence-corrected chi connectivity index (χ0v) is 12.9. The van der Waals surface area contributed by atoms with Crippen LogP contribution in [0.3, 0.4) is 0 Å². The molecule has 1 heterocycles. The average molecular weight is 363 g/mol. The molecular formula is C15H11BrN2O4. The number of ether oxygens (including phenoxy) is 1. The monoisotopic (exact) mass is 362 g/mol. The molecule has 0 unspecified atom stereocenters. The second-order valence-corrected chi connectivity index (χ2v) is 5.04. The van der Waals surface area contributed by atoms with E-state index in [1.165, 1.54) is 6.07 Å². The average Bonchev–Trinajstić information content (AvgIpc) is 2.94. The molecule has 0 aliphatic carbocycles. The van der Waals surface area contributed by atoms with Crippen molar-refractivity contribution in [3.63, 3.8) is 0 Å². The normalized spacial score (nSPS) is 9.82. The van der Waals surface area contributed by atoms with Gasteiger partial charge in [-0.3, -0.25) is 4.79 Å². The predicted molar refractivity (Wildman–Crippen MR) is 81.1 cm³/mol. The summed E-state index contributed by atoms with van der Waals surface area (Å²) in [7, 11) is 0. The van der Waals surface area contributed by atoms with Crippen LogP contribution >= 0.6 is 15.9 Å². The molecule has 0 aliphatic heterocycles. The number of benzene rings is 1. The number of hydrogen-bond acceptors (Lipinski definition) is 5. The van der Waals surface area contributed by atoms with E-state index in [4.69, 9.17) is 14.4 Å². The third-order valence-corrected chi connectivity index (χ3v) is 3.06. The smallest absolute Gasteiger partial charge is 0.374 e. The molecule has 2 rings (SSSR count). The Morgan fingerprint density at radius 3 is 2.55 bits per heavy atom. The van der Waals surface area contributed by atoms with Crippen LogP contribution in [-0.4, -0.2) is 18.5 Å². The van der Waals surface area contributed by atoms with E-state index in [2.05, 4.69) is 21.2 Å². The van der Waals surface area contributed by atoms with E-state index in [0.29, 0.717) is 16.8 Å². The van der Waals surface area contributed by atoms with Gasteiger partial charge in [0, 0.05) is 5.69 Å². The first kappa shape index (κ1) is 15.8. The highest BCUT2D eigenvalue weighted by atomic mass is 79.9. The Labute approximate surface area is 134 Å². The van der Waals surface area contributed by atoms with Crippen LogP contribution in [0.2, 0.25) is 0 Å². The summed E-state index contributed by atoms with van der Waals surface area (Å²) < 4.78 is 10.2. The van der Waals surface area contributed by atoms with Gasteiger partial charge >= 0.3 is 5.97 Å². The molecule has 0 spiro atoms. The molecule has 0 saturated heterocycles. The van der Waals surface area contributed by atoms with Crippen molar-refractivity contribution in [2.24, 2.45) is 0 Å².